The molecule has 2 rings (SSSR count). The molecule has 0 fully saturated rings. The van der Waals surface area contributed by atoms with Crippen molar-refractivity contribution in [2.75, 3.05) is 0 Å². The third-order valence-corrected chi connectivity index (χ3v) is 2.29. The highest BCUT2D eigenvalue weighted by Crippen LogP contribution is 2.26. The molecule has 0 N–H and O–H groups in total. The smallest absolute Gasteiger partial charge is 0.188 e. The minimum Gasteiger partial charge on any atom is -0.289 e. The van der Waals surface area contributed by atoms with Gasteiger partial charge in [-0.2, -0.15) is 0 Å². The monoisotopic (exact) mass is 184 g/mol. The van der Waals surface area contributed by atoms with Crippen LogP contribution in [0.3, 0.4) is 0 Å². The van der Waals surface area contributed by atoms with E-state index in [9.17, 15) is 4.79 Å². The lowest BCUT2D eigenvalue weighted by atomic mass is 10.0. The molecule has 1 nitrogen and oxygen atoms in total. The summed E-state index contributed by atoms with van der Waals surface area (Å²) in [5.41, 5.74) is 2.76. The van der Waals surface area contributed by atoms with Gasteiger partial charge in [0.05, 0.1) is 0 Å². The maximum absolute atomic E-state index is 11.8. The summed E-state index contributed by atoms with van der Waals surface area (Å²) in [7, 11) is 0. The van der Waals surface area contributed by atoms with Crippen LogP contribution in [0.1, 0.15) is 23.2 Å². The van der Waals surface area contributed by atoms with Crippen LogP contribution in [-0.4, -0.2) is 5.78 Å². The number of allylic oxidation sites excluding steroid dienone is 3. The summed E-state index contributed by atoms with van der Waals surface area (Å²) < 4.78 is 0. The van der Waals surface area contributed by atoms with Gasteiger partial charge in [-0.25, -0.2) is 0 Å². The first-order valence-electron chi connectivity index (χ1n) is 4.73. The highest BCUT2D eigenvalue weighted by atomic mass is 16.1. The third-order valence-electron chi connectivity index (χ3n) is 2.29. The predicted octanol–water partition coefficient (Wildman–Crippen LogP) is 3.15. The Kier molecular flexibility index (Phi) is 2.32. The van der Waals surface area contributed by atoms with Gasteiger partial charge in [-0.05, 0) is 18.4 Å². The molecule has 0 aromatic heterocycles. The molecule has 0 saturated heterocycles. The number of benzene rings is 1. The second kappa shape index (κ2) is 3.62. The van der Waals surface area contributed by atoms with E-state index >= 15 is 0 Å². The van der Waals surface area contributed by atoms with Crippen molar-refractivity contribution < 1.29 is 4.79 Å². The van der Waals surface area contributed by atoms with Crippen LogP contribution in [0.5, 0.6) is 0 Å². The van der Waals surface area contributed by atoms with Crippen molar-refractivity contribution in [1.82, 2.24) is 0 Å². The lowest BCUT2D eigenvalue weighted by Crippen LogP contribution is -2.01. The summed E-state index contributed by atoms with van der Waals surface area (Å²) >= 11 is 0. The molecular formula is C13H12O. The van der Waals surface area contributed by atoms with E-state index in [1.54, 1.807) is 0 Å². The Labute approximate surface area is 83.8 Å². The van der Waals surface area contributed by atoms with E-state index in [1.807, 2.05) is 30.3 Å². The van der Waals surface area contributed by atoms with Crippen LogP contribution in [0.25, 0.3) is 0 Å². The van der Waals surface area contributed by atoms with Crippen LogP contribution in [0.15, 0.2) is 54.1 Å². The van der Waals surface area contributed by atoms with Gasteiger partial charge >= 0.3 is 0 Å². The van der Waals surface area contributed by atoms with Crippen LogP contribution >= 0.6 is 0 Å². The first-order chi connectivity index (χ1) is 6.77. The molecule has 0 bridgehead atoms. The molecule has 70 valence electrons. The predicted molar refractivity (Wildman–Crippen MR) is 57.2 cm³/mol. The van der Waals surface area contributed by atoms with E-state index in [4.69, 9.17) is 0 Å². The molecular weight excluding hydrogens is 172 g/mol. The fraction of sp³-hybridized carbons (Fsp3) is 0.154. The zero-order chi connectivity index (χ0) is 9.97. The number of Topliss-reactive ketones (excluding diaryl/α,β-unsaturated/α-hetero) is 1. The molecule has 1 aromatic rings. The van der Waals surface area contributed by atoms with Gasteiger partial charge in [0.1, 0.15) is 0 Å². The molecule has 0 radical (unpaired) electrons. The molecule has 1 aliphatic rings. The van der Waals surface area contributed by atoms with Gasteiger partial charge in [-0.15, -0.1) is 0 Å². The first kappa shape index (κ1) is 8.95. The molecule has 1 aromatic carbocycles. The van der Waals surface area contributed by atoms with E-state index in [1.165, 1.54) is 5.57 Å². The number of ketones is 1. The fourth-order valence-electron chi connectivity index (χ4n) is 1.36. The van der Waals surface area contributed by atoms with Gasteiger partial charge in [0.2, 0.25) is 0 Å². The Morgan fingerprint density at radius 3 is 2.50 bits per heavy atom. The van der Waals surface area contributed by atoms with E-state index in [0.29, 0.717) is 5.57 Å². The number of rotatable bonds is 4. The maximum atomic E-state index is 11.8. The summed E-state index contributed by atoms with van der Waals surface area (Å²) in [5.74, 6) is 0.0680. The second-order valence-electron chi connectivity index (χ2n) is 3.54. The Hall–Kier alpha value is -1.63. The van der Waals surface area contributed by atoms with Crippen LogP contribution in [0.2, 0.25) is 0 Å². The van der Waals surface area contributed by atoms with Crippen molar-refractivity contribution in [2.24, 2.45) is 0 Å². The summed E-state index contributed by atoms with van der Waals surface area (Å²) in [4.78, 5) is 11.8. The van der Waals surface area contributed by atoms with E-state index in [-0.39, 0.29) is 5.78 Å². The van der Waals surface area contributed by atoms with Gasteiger partial charge in [0, 0.05) is 5.56 Å². The Balaban J connectivity index is 2.07. The van der Waals surface area contributed by atoms with Gasteiger partial charge < -0.3 is 0 Å². The highest BCUT2D eigenvalue weighted by molar-refractivity contribution is 6.08. The highest BCUT2D eigenvalue weighted by Gasteiger charge is 2.14. The minimum absolute atomic E-state index is 0.0680. The summed E-state index contributed by atoms with van der Waals surface area (Å²) in [6.07, 6.45) is 3.93. The SMILES string of the molecule is C=C(CC1=CC1)C(=O)c1ccccc1. The molecule has 0 atom stereocenters. The fourth-order valence-corrected chi connectivity index (χ4v) is 1.36. The minimum atomic E-state index is 0.0680. The average Bonchev–Trinajstić information content (AvgIpc) is 3.02. The average molecular weight is 184 g/mol. The van der Waals surface area contributed by atoms with Crippen LogP contribution in [0.4, 0.5) is 0 Å². The Morgan fingerprint density at radius 2 is 1.93 bits per heavy atom. The van der Waals surface area contributed by atoms with Crippen molar-refractivity contribution in [3.63, 3.8) is 0 Å². The van der Waals surface area contributed by atoms with Crippen molar-refractivity contribution in [1.29, 1.82) is 0 Å². The molecule has 0 saturated carbocycles. The standard InChI is InChI=1S/C13H12O/c1-10(9-11-7-8-11)13(14)12-5-3-2-4-6-12/h2-7H,1,8-9H2. The van der Waals surface area contributed by atoms with Crippen molar-refractivity contribution in [3.8, 4) is 0 Å². The zero-order valence-electron chi connectivity index (χ0n) is 7.99. The lowest BCUT2D eigenvalue weighted by Gasteiger charge is -2.01. The summed E-state index contributed by atoms with van der Waals surface area (Å²) in [6.45, 7) is 3.82. The molecule has 0 spiro atoms. The molecule has 1 aliphatic carbocycles. The van der Waals surface area contributed by atoms with Gasteiger partial charge in [-0.1, -0.05) is 48.6 Å². The molecule has 0 unspecified atom stereocenters. The largest absolute Gasteiger partial charge is 0.289 e. The Bertz CT molecular complexity index is 399. The number of hydrogen-bond acceptors (Lipinski definition) is 1. The molecule has 0 heterocycles. The summed E-state index contributed by atoms with van der Waals surface area (Å²) in [5, 5.41) is 0. The normalized spacial score (nSPS) is 13.3. The van der Waals surface area contributed by atoms with Gasteiger partial charge in [0.15, 0.2) is 5.78 Å². The molecule has 0 aliphatic heterocycles. The topological polar surface area (TPSA) is 17.1 Å². The van der Waals surface area contributed by atoms with Crippen LogP contribution in [-0.2, 0) is 0 Å². The van der Waals surface area contributed by atoms with E-state index in [2.05, 4.69) is 12.7 Å². The van der Waals surface area contributed by atoms with Gasteiger partial charge in [0.25, 0.3) is 0 Å². The first-order valence-corrected chi connectivity index (χ1v) is 4.73. The van der Waals surface area contributed by atoms with Crippen LogP contribution < -0.4 is 0 Å². The summed E-state index contributed by atoms with van der Waals surface area (Å²) in [6, 6.07) is 9.31. The van der Waals surface area contributed by atoms with Crippen molar-refractivity contribution in [2.45, 2.75) is 12.8 Å². The maximum Gasteiger partial charge on any atom is 0.188 e. The molecule has 1 heteroatoms. The third kappa shape index (κ3) is 1.99. The second-order valence-corrected chi connectivity index (χ2v) is 3.54. The lowest BCUT2D eigenvalue weighted by molar-refractivity contribution is 0.103. The number of carbonyl (C=O) groups excluding carboxylic acids is 1. The Morgan fingerprint density at radius 1 is 1.29 bits per heavy atom. The number of carbonyl (C=O) groups is 1. The molecule has 0 amide bonds. The van der Waals surface area contributed by atoms with Crippen molar-refractivity contribution in [3.05, 3.63) is 59.7 Å². The van der Waals surface area contributed by atoms with Gasteiger partial charge in [-0.3, -0.25) is 4.79 Å². The zero-order valence-corrected chi connectivity index (χ0v) is 7.99. The van der Waals surface area contributed by atoms with E-state index in [0.717, 1.165) is 18.4 Å². The van der Waals surface area contributed by atoms with Crippen LogP contribution in [0, 0.1) is 0 Å². The number of hydrogen-bond donors (Lipinski definition) is 0. The quantitative estimate of drug-likeness (QED) is 0.399. The molecule has 14 heavy (non-hydrogen) atoms. The van der Waals surface area contributed by atoms with Crippen molar-refractivity contribution >= 4 is 5.78 Å². The van der Waals surface area contributed by atoms with E-state index < -0.39 is 0 Å².